The number of nitrogens with one attached hydrogen (secondary N) is 1. The minimum Gasteiger partial charge on any atom is -0.496 e. The van der Waals surface area contributed by atoms with Crippen LogP contribution in [-0.2, 0) is 4.74 Å². The molecule has 1 fully saturated rings. The molecule has 0 radical (unpaired) electrons. The zero-order valence-electron chi connectivity index (χ0n) is 24.7. The summed E-state index contributed by atoms with van der Waals surface area (Å²) in [7, 11) is 5.53. The van der Waals surface area contributed by atoms with Crippen molar-refractivity contribution in [1.29, 1.82) is 5.26 Å². The Bertz CT molecular complexity index is 1630. The van der Waals surface area contributed by atoms with Gasteiger partial charge in [-0.2, -0.15) is 5.26 Å². The number of furan rings is 1. The van der Waals surface area contributed by atoms with Gasteiger partial charge in [0.2, 0.25) is 0 Å². The maximum atomic E-state index is 12.9. The van der Waals surface area contributed by atoms with Crippen LogP contribution in [-0.4, -0.2) is 68.4 Å². The van der Waals surface area contributed by atoms with E-state index >= 15 is 0 Å². The Morgan fingerprint density at radius 2 is 1.88 bits per heavy atom. The first-order valence-electron chi connectivity index (χ1n) is 14.0. The lowest BCUT2D eigenvalue weighted by atomic mass is 10.0. The number of nitrogens with zero attached hydrogens (tertiary/aromatic N) is 3. The number of benzene rings is 2. The number of hydrogen-bond acceptors (Lipinski definition) is 8. The minimum absolute atomic E-state index is 0.0364. The Morgan fingerprint density at radius 3 is 2.60 bits per heavy atom. The molecule has 0 saturated carbocycles. The zero-order chi connectivity index (χ0) is 29.9. The number of aromatic nitrogens is 1. The first-order valence-corrected chi connectivity index (χ1v) is 14.0. The Balaban J connectivity index is 1.42. The van der Waals surface area contributed by atoms with Crippen molar-refractivity contribution in [3.8, 4) is 40.0 Å². The molecule has 0 bridgehead atoms. The molecule has 9 heteroatoms. The molecule has 1 amide bonds. The summed E-state index contributed by atoms with van der Waals surface area (Å²) >= 11 is 0. The van der Waals surface area contributed by atoms with E-state index in [4.69, 9.17) is 18.6 Å². The standard InChI is InChI=1S/C33H36N4O5/c1-33(2,37(3)4)20-36-32(38)22-6-8-26(29(17-22)39-5)30-18-27-31(42-30)25(10-13-35-27)21-7-9-28(23(16-21)19-34)41-24-11-14-40-15-12-24/h6-10,13,16-18,24H,11-12,14-15,20H2,1-5H3,(H,36,38). The molecule has 9 nitrogen and oxygen atoms in total. The van der Waals surface area contributed by atoms with E-state index in [2.05, 4.69) is 35.1 Å². The molecule has 0 atom stereocenters. The summed E-state index contributed by atoms with van der Waals surface area (Å²) in [5, 5.41) is 12.9. The molecule has 0 spiro atoms. The summed E-state index contributed by atoms with van der Waals surface area (Å²) in [6.07, 6.45) is 3.36. The number of pyridine rings is 1. The Kier molecular flexibility index (Phi) is 8.48. The van der Waals surface area contributed by atoms with Crippen LogP contribution in [0.25, 0.3) is 33.6 Å². The average molecular weight is 569 g/mol. The highest BCUT2D eigenvalue weighted by Gasteiger charge is 2.23. The quantitative estimate of drug-likeness (QED) is 0.275. The zero-order valence-corrected chi connectivity index (χ0v) is 24.7. The molecule has 0 aliphatic carbocycles. The topological polar surface area (TPSA) is 110 Å². The minimum atomic E-state index is -0.190. The molecule has 1 N–H and O–H groups in total. The Hall–Kier alpha value is -4.39. The number of methoxy groups -OCH3 is 1. The van der Waals surface area contributed by atoms with Crippen molar-refractivity contribution < 1.29 is 23.4 Å². The summed E-state index contributed by atoms with van der Waals surface area (Å²) in [6.45, 7) is 5.96. The molecule has 4 aromatic rings. The number of carbonyl (C=O) groups is 1. The van der Waals surface area contributed by atoms with E-state index in [1.165, 1.54) is 0 Å². The van der Waals surface area contributed by atoms with E-state index in [0.717, 1.165) is 24.0 Å². The molecule has 2 aromatic heterocycles. The molecule has 2 aromatic carbocycles. The van der Waals surface area contributed by atoms with Crippen LogP contribution in [0.4, 0.5) is 0 Å². The van der Waals surface area contributed by atoms with Crippen LogP contribution in [0, 0.1) is 11.3 Å². The molecule has 1 aliphatic rings. The van der Waals surface area contributed by atoms with Crippen molar-refractivity contribution in [2.24, 2.45) is 0 Å². The SMILES string of the molecule is COc1cc(C(=O)NCC(C)(C)N(C)C)ccc1-c1cc2nccc(-c3ccc(OC4CCOCC4)c(C#N)c3)c2o1. The number of amides is 1. The second kappa shape index (κ2) is 12.2. The largest absolute Gasteiger partial charge is 0.496 e. The van der Waals surface area contributed by atoms with Crippen molar-refractivity contribution in [3.63, 3.8) is 0 Å². The Morgan fingerprint density at radius 1 is 1.10 bits per heavy atom. The number of carbonyl (C=O) groups excluding carboxylic acids is 1. The predicted molar refractivity (Wildman–Crippen MR) is 161 cm³/mol. The van der Waals surface area contributed by atoms with Gasteiger partial charge in [-0.05, 0) is 69.9 Å². The molecular weight excluding hydrogens is 532 g/mol. The van der Waals surface area contributed by atoms with Gasteiger partial charge in [0.15, 0.2) is 5.58 Å². The normalized spacial score (nSPS) is 14.1. The van der Waals surface area contributed by atoms with Crippen LogP contribution in [0.15, 0.2) is 59.1 Å². The first kappa shape index (κ1) is 29.1. The summed E-state index contributed by atoms with van der Waals surface area (Å²) in [6, 6.07) is 16.9. The van der Waals surface area contributed by atoms with Crippen LogP contribution < -0.4 is 14.8 Å². The number of rotatable bonds is 9. The molecule has 218 valence electrons. The highest BCUT2D eigenvalue weighted by atomic mass is 16.5. The van der Waals surface area contributed by atoms with Gasteiger partial charge < -0.3 is 28.8 Å². The lowest BCUT2D eigenvalue weighted by molar-refractivity contribution is 0.0254. The van der Waals surface area contributed by atoms with E-state index in [1.807, 2.05) is 50.5 Å². The summed E-state index contributed by atoms with van der Waals surface area (Å²) in [5.74, 6) is 1.46. The fourth-order valence-corrected chi connectivity index (χ4v) is 4.75. The maximum absolute atomic E-state index is 12.9. The van der Waals surface area contributed by atoms with Crippen molar-refractivity contribution in [1.82, 2.24) is 15.2 Å². The van der Waals surface area contributed by atoms with Gasteiger partial charge in [0.25, 0.3) is 5.91 Å². The van der Waals surface area contributed by atoms with Crippen LogP contribution in [0.5, 0.6) is 11.5 Å². The van der Waals surface area contributed by atoms with Gasteiger partial charge >= 0.3 is 0 Å². The van der Waals surface area contributed by atoms with E-state index < -0.39 is 0 Å². The third-order valence-corrected chi connectivity index (χ3v) is 7.91. The van der Waals surface area contributed by atoms with Gasteiger partial charge in [-0.25, -0.2) is 0 Å². The van der Waals surface area contributed by atoms with Gasteiger partial charge in [0.05, 0.1) is 31.5 Å². The van der Waals surface area contributed by atoms with Gasteiger partial charge in [0.1, 0.15) is 34.9 Å². The highest BCUT2D eigenvalue weighted by Crippen LogP contribution is 2.38. The molecule has 3 heterocycles. The number of nitriles is 1. The van der Waals surface area contributed by atoms with E-state index in [-0.39, 0.29) is 17.6 Å². The van der Waals surface area contributed by atoms with Crippen LogP contribution in [0.2, 0.25) is 0 Å². The molecule has 1 saturated heterocycles. The van der Waals surface area contributed by atoms with Crippen LogP contribution >= 0.6 is 0 Å². The van der Waals surface area contributed by atoms with E-state index in [0.29, 0.717) is 64.8 Å². The lowest BCUT2D eigenvalue weighted by Crippen LogP contribution is -2.48. The van der Waals surface area contributed by atoms with E-state index in [9.17, 15) is 10.1 Å². The summed E-state index contributed by atoms with van der Waals surface area (Å²) in [4.78, 5) is 19.5. The number of likely N-dealkylation sites (N-methyl/N-ethyl adjacent to an activating group) is 1. The van der Waals surface area contributed by atoms with Gasteiger partial charge in [-0.1, -0.05) is 6.07 Å². The van der Waals surface area contributed by atoms with E-state index in [1.54, 1.807) is 25.4 Å². The average Bonchev–Trinajstić information content (AvgIpc) is 3.44. The molecule has 1 aliphatic heterocycles. The monoisotopic (exact) mass is 568 g/mol. The van der Waals surface area contributed by atoms with Crippen molar-refractivity contribution in [2.75, 3.05) is 41.0 Å². The van der Waals surface area contributed by atoms with Crippen molar-refractivity contribution in [3.05, 3.63) is 65.9 Å². The fraction of sp³-hybridized carbons (Fsp3) is 0.364. The fourth-order valence-electron chi connectivity index (χ4n) is 4.75. The number of hydrogen-bond donors (Lipinski definition) is 1. The smallest absolute Gasteiger partial charge is 0.251 e. The molecular formula is C33H36N4O5. The van der Waals surface area contributed by atoms with Gasteiger partial charge in [-0.15, -0.1) is 0 Å². The summed E-state index contributed by atoms with van der Waals surface area (Å²) in [5.41, 5.74) is 4.34. The second-order valence-corrected chi connectivity index (χ2v) is 11.2. The highest BCUT2D eigenvalue weighted by molar-refractivity contribution is 5.96. The van der Waals surface area contributed by atoms with Gasteiger partial charge in [0, 0.05) is 48.3 Å². The Labute approximate surface area is 246 Å². The third-order valence-electron chi connectivity index (χ3n) is 7.91. The number of fused-ring (bicyclic) bond motifs is 1. The van der Waals surface area contributed by atoms with Crippen molar-refractivity contribution in [2.45, 2.75) is 38.3 Å². The van der Waals surface area contributed by atoms with Crippen molar-refractivity contribution >= 4 is 17.0 Å². The molecule has 0 unspecified atom stereocenters. The second-order valence-electron chi connectivity index (χ2n) is 11.2. The van der Waals surface area contributed by atoms with Gasteiger partial charge in [-0.3, -0.25) is 9.78 Å². The molecule has 42 heavy (non-hydrogen) atoms. The van der Waals surface area contributed by atoms with Crippen LogP contribution in [0.1, 0.15) is 42.6 Å². The van der Waals surface area contributed by atoms with Crippen LogP contribution in [0.3, 0.4) is 0 Å². The third kappa shape index (κ3) is 6.10. The maximum Gasteiger partial charge on any atom is 0.251 e. The summed E-state index contributed by atoms with van der Waals surface area (Å²) < 4.78 is 23.6. The molecule has 5 rings (SSSR count). The predicted octanol–water partition coefficient (Wildman–Crippen LogP) is 5.67. The first-order chi connectivity index (χ1) is 20.2. The number of ether oxygens (including phenoxy) is 3. The lowest BCUT2D eigenvalue weighted by Gasteiger charge is -2.32.